The van der Waals surface area contributed by atoms with Gasteiger partial charge in [-0.3, -0.25) is 0 Å². The first-order chi connectivity index (χ1) is 7.06. The van der Waals surface area contributed by atoms with Gasteiger partial charge in [0.25, 0.3) is 0 Å². The van der Waals surface area contributed by atoms with Gasteiger partial charge in [-0.15, -0.1) is 0 Å². The largest absolute Gasteiger partial charge is 0.389 e. The molecule has 1 aromatic carbocycles. The Kier molecular flexibility index (Phi) is 4.64. The maximum atomic E-state index is 9.72. The summed E-state index contributed by atoms with van der Waals surface area (Å²) in [6, 6.07) is 7.67. The number of benzene rings is 1. The number of rotatable bonds is 4. The van der Waals surface area contributed by atoms with Gasteiger partial charge in [0.1, 0.15) is 6.10 Å². The quantitative estimate of drug-likeness (QED) is 0.688. The minimum absolute atomic E-state index is 0.257. The summed E-state index contributed by atoms with van der Waals surface area (Å²) in [6.07, 6.45) is -1.65. The number of hydrogen-bond donors (Lipinski definition) is 3. The topological polar surface area (TPSA) is 40.5 Å². The molecule has 0 fully saturated rings. The van der Waals surface area contributed by atoms with Crippen molar-refractivity contribution in [2.24, 2.45) is 0 Å². The van der Waals surface area contributed by atoms with Crippen LogP contribution >= 0.6 is 12.6 Å². The summed E-state index contributed by atoms with van der Waals surface area (Å²) in [4.78, 5) is 0. The molecule has 0 aliphatic carbocycles. The summed E-state index contributed by atoms with van der Waals surface area (Å²) in [5.74, 6) is 0.735. The zero-order valence-electron chi connectivity index (χ0n) is 9.09. The standard InChI is InChI=1S/C12H18O2S/c1-8(2)9-3-5-10(6-4-9)12(14)11(13)7-15/h3-6,8,11-15H,7H2,1-2H3. The van der Waals surface area contributed by atoms with E-state index in [1.54, 1.807) is 0 Å². The fourth-order valence-corrected chi connectivity index (χ4v) is 1.60. The van der Waals surface area contributed by atoms with Crippen LogP contribution in [0, 0.1) is 0 Å². The van der Waals surface area contributed by atoms with Crippen LogP contribution in [0.1, 0.15) is 37.0 Å². The molecule has 1 rings (SSSR count). The van der Waals surface area contributed by atoms with Crippen molar-refractivity contribution in [3.8, 4) is 0 Å². The van der Waals surface area contributed by atoms with Crippen molar-refractivity contribution < 1.29 is 10.2 Å². The lowest BCUT2D eigenvalue weighted by atomic mass is 9.98. The molecule has 0 saturated heterocycles. The Balaban J connectivity index is 2.79. The van der Waals surface area contributed by atoms with Gasteiger partial charge in [0.15, 0.2) is 0 Å². The van der Waals surface area contributed by atoms with E-state index in [1.807, 2.05) is 24.3 Å². The molecule has 0 saturated carbocycles. The van der Waals surface area contributed by atoms with Crippen LogP contribution in [0.25, 0.3) is 0 Å². The monoisotopic (exact) mass is 226 g/mol. The van der Waals surface area contributed by atoms with Crippen LogP contribution in [-0.4, -0.2) is 22.1 Å². The predicted octanol–water partition coefficient (Wildman–Crippen LogP) is 2.13. The van der Waals surface area contributed by atoms with Crippen molar-refractivity contribution in [3.05, 3.63) is 35.4 Å². The first-order valence-electron chi connectivity index (χ1n) is 5.13. The van der Waals surface area contributed by atoms with Gasteiger partial charge >= 0.3 is 0 Å². The molecule has 2 N–H and O–H groups in total. The van der Waals surface area contributed by atoms with Crippen molar-refractivity contribution in [1.29, 1.82) is 0 Å². The van der Waals surface area contributed by atoms with Gasteiger partial charge in [0.2, 0.25) is 0 Å². The van der Waals surface area contributed by atoms with Gasteiger partial charge in [-0.05, 0) is 17.0 Å². The summed E-state index contributed by atoms with van der Waals surface area (Å²) in [6.45, 7) is 4.24. The molecule has 0 amide bonds. The molecule has 3 heteroatoms. The average Bonchev–Trinajstić information content (AvgIpc) is 2.27. The zero-order chi connectivity index (χ0) is 11.4. The Bertz CT molecular complexity index is 295. The minimum atomic E-state index is -0.844. The second-order valence-electron chi connectivity index (χ2n) is 4.02. The van der Waals surface area contributed by atoms with E-state index >= 15 is 0 Å². The molecule has 0 radical (unpaired) electrons. The van der Waals surface area contributed by atoms with Crippen molar-refractivity contribution in [2.75, 3.05) is 5.75 Å². The van der Waals surface area contributed by atoms with Crippen LogP contribution in [0.15, 0.2) is 24.3 Å². The van der Waals surface area contributed by atoms with E-state index in [2.05, 4.69) is 26.5 Å². The van der Waals surface area contributed by atoms with Crippen LogP contribution in [0.5, 0.6) is 0 Å². The molecule has 15 heavy (non-hydrogen) atoms. The van der Waals surface area contributed by atoms with E-state index in [9.17, 15) is 10.2 Å². The third kappa shape index (κ3) is 3.23. The average molecular weight is 226 g/mol. The van der Waals surface area contributed by atoms with Gasteiger partial charge in [0, 0.05) is 5.75 Å². The van der Waals surface area contributed by atoms with Crippen molar-refractivity contribution in [3.63, 3.8) is 0 Å². The third-order valence-corrected chi connectivity index (χ3v) is 2.87. The number of hydrogen-bond acceptors (Lipinski definition) is 3. The molecule has 2 unspecified atom stereocenters. The summed E-state index contributed by atoms with van der Waals surface area (Å²) < 4.78 is 0. The van der Waals surface area contributed by atoms with Crippen LogP contribution in [0.4, 0.5) is 0 Å². The fraction of sp³-hybridized carbons (Fsp3) is 0.500. The lowest BCUT2D eigenvalue weighted by Gasteiger charge is -2.16. The maximum Gasteiger partial charge on any atom is 0.106 e. The molecule has 0 bridgehead atoms. The Morgan fingerprint density at radius 3 is 1.93 bits per heavy atom. The second kappa shape index (κ2) is 5.54. The van der Waals surface area contributed by atoms with Crippen molar-refractivity contribution >= 4 is 12.6 Å². The van der Waals surface area contributed by atoms with E-state index < -0.39 is 12.2 Å². The van der Waals surface area contributed by atoms with Gasteiger partial charge in [0.05, 0.1) is 6.10 Å². The molecule has 0 aliphatic heterocycles. The molecule has 84 valence electrons. The second-order valence-corrected chi connectivity index (χ2v) is 4.38. The number of aliphatic hydroxyl groups excluding tert-OH is 2. The highest BCUT2D eigenvalue weighted by Crippen LogP contribution is 2.21. The van der Waals surface area contributed by atoms with E-state index in [0.717, 1.165) is 5.56 Å². The van der Waals surface area contributed by atoms with E-state index in [4.69, 9.17) is 0 Å². The highest BCUT2D eigenvalue weighted by molar-refractivity contribution is 7.80. The molecule has 2 nitrogen and oxygen atoms in total. The van der Waals surface area contributed by atoms with Crippen LogP contribution in [0.3, 0.4) is 0 Å². The molecule has 0 aliphatic rings. The molecule has 0 heterocycles. The molecule has 2 atom stereocenters. The molecule has 0 aromatic heterocycles. The molecule has 0 spiro atoms. The number of aliphatic hydroxyl groups is 2. The van der Waals surface area contributed by atoms with Crippen molar-refractivity contribution in [2.45, 2.75) is 32.0 Å². The van der Waals surface area contributed by atoms with E-state index in [0.29, 0.717) is 5.92 Å². The Hall–Kier alpha value is -0.510. The van der Waals surface area contributed by atoms with Gasteiger partial charge in [-0.1, -0.05) is 38.1 Å². The third-order valence-electron chi connectivity index (χ3n) is 2.50. The minimum Gasteiger partial charge on any atom is -0.389 e. The highest BCUT2D eigenvalue weighted by Gasteiger charge is 2.16. The summed E-state index contributed by atoms with van der Waals surface area (Å²) >= 11 is 3.95. The first-order valence-corrected chi connectivity index (χ1v) is 5.76. The lowest BCUT2D eigenvalue weighted by molar-refractivity contribution is 0.0337. The summed E-state index contributed by atoms with van der Waals surface area (Å²) in [7, 11) is 0. The Labute approximate surface area is 96.4 Å². The van der Waals surface area contributed by atoms with E-state index in [1.165, 1.54) is 5.56 Å². The predicted molar refractivity (Wildman–Crippen MR) is 65.4 cm³/mol. The summed E-state index contributed by atoms with van der Waals surface area (Å²) in [5, 5.41) is 19.2. The van der Waals surface area contributed by atoms with Crippen LogP contribution < -0.4 is 0 Å². The lowest BCUT2D eigenvalue weighted by Crippen LogP contribution is -2.19. The molecule has 1 aromatic rings. The van der Waals surface area contributed by atoms with E-state index in [-0.39, 0.29) is 5.75 Å². The smallest absolute Gasteiger partial charge is 0.106 e. The van der Waals surface area contributed by atoms with Crippen molar-refractivity contribution in [1.82, 2.24) is 0 Å². The Morgan fingerprint density at radius 1 is 1.07 bits per heavy atom. The van der Waals surface area contributed by atoms with Crippen LogP contribution in [-0.2, 0) is 0 Å². The Morgan fingerprint density at radius 2 is 1.53 bits per heavy atom. The van der Waals surface area contributed by atoms with Gasteiger partial charge < -0.3 is 10.2 Å². The normalized spacial score (nSPS) is 15.3. The molecular weight excluding hydrogens is 208 g/mol. The highest BCUT2D eigenvalue weighted by atomic mass is 32.1. The summed E-state index contributed by atoms with van der Waals surface area (Å²) in [5.41, 5.74) is 1.97. The van der Waals surface area contributed by atoms with Crippen LogP contribution in [0.2, 0.25) is 0 Å². The SMILES string of the molecule is CC(C)c1ccc(C(O)C(O)CS)cc1. The molecular formula is C12H18O2S. The zero-order valence-corrected chi connectivity index (χ0v) is 9.98. The number of thiol groups is 1. The van der Waals surface area contributed by atoms with Gasteiger partial charge in [-0.25, -0.2) is 0 Å². The van der Waals surface area contributed by atoms with Gasteiger partial charge in [-0.2, -0.15) is 12.6 Å². The first kappa shape index (κ1) is 12.6. The fourth-order valence-electron chi connectivity index (χ4n) is 1.40. The maximum absolute atomic E-state index is 9.72.